The lowest BCUT2D eigenvalue weighted by atomic mass is 10.0. The molecule has 2 aromatic rings. The van der Waals surface area contributed by atoms with Gasteiger partial charge in [0.25, 0.3) is 5.91 Å². The molecule has 1 aromatic carbocycles. The zero-order valence-electron chi connectivity index (χ0n) is 21.3. The Hall–Kier alpha value is -4.35. The van der Waals surface area contributed by atoms with Crippen LogP contribution in [0, 0.1) is 5.92 Å². The van der Waals surface area contributed by atoms with Crippen molar-refractivity contribution in [1.29, 1.82) is 0 Å². The van der Waals surface area contributed by atoms with E-state index < -0.39 is 54.3 Å². The quantitative estimate of drug-likeness (QED) is 0.319. The van der Waals surface area contributed by atoms with E-state index in [1.54, 1.807) is 32.0 Å². The zero-order valence-corrected chi connectivity index (χ0v) is 21.3. The van der Waals surface area contributed by atoms with Gasteiger partial charge in [-0.2, -0.15) is 0 Å². The van der Waals surface area contributed by atoms with Crippen molar-refractivity contribution >= 4 is 46.7 Å². The van der Waals surface area contributed by atoms with Crippen LogP contribution in [0.25, 0.3) is 10.8 Å². The van der Waals surface area contributed by atoms with Crippen LogP contribution in [-0.2, 0) is 24.0 Å². The van der Waals surface area contributed by atoms with E-state index in [2.05, 4.69) is 20.9 Å². The van der Waals surface area contributed by atoms with Gasteiger partial charge in [-0.15, -0.1) is 0 Å². The Morgan fingerprint density at radius 3 is 2.47 bits per heavy atom. The van der Waals surface area contributed by atoms with E-state index in [4.69, 9.17) is 5.11 Å². The third-order valence-electron chi connectivity index (χ3n) is 6.29. The lowest BCUT2D eigenvalue weighted by molar-refractivity contribution is -0.142. The van der Waals surface area contributed by atoms with E-state index >= 15 is 0 Å². The molecule has 1 aliphatic heterocycles. The summed E-state index contributed by atoms with van der Waals surface area (Å²) in [6, 6.07) is 5.01. The molecule has 0 unspecified atom stereocenters. The minimum Gasteiger partial charge on any atom is -0.481 e. The van der Waals surface area contributed by atoms with Gasteiger partial charge in [-0.3, -0.25) is 29.0 Å². The van der Waals surface area contributed by atoms with E-state index in [0.29, 0.717) is 11.7 Å². The van der Waals surface area contributed by atoms with Crippen molar-refractivity contribution in [3.05, 3.63) is 42.2 Å². The van der Waals surface area contributed by atoms with Gasteiger partial charge in [0.1, 0.15) is 24.1 Å². The zero-order chi connectivity index (χ0) is 28.0. The van der Waals surface area contributed by atoms with Crippen LogP contribution in [0.2, 0.25) is 0 Å². The van der Waals surface area contributed by atoms with E-state index in [-0.39, 0.29) is 30.5 Å². The van der Waals surface area contributed by atoms with Crippen molar-refractivity contribution in [1.82, 2.24) is 25.8 Å². The fourth-order valence-electron chi connectivity index (χ4n) is 4.52. The third kappa shape index (κ3) is 6.69. The molecule has 1 fully saturated rings. The number of rotatable bonds is 10. The summed E-state index contributed by atoms with van der Waals surface area (Å²) in [6.07, 6.45) is 1.25. The van der Waals surface area contributed by atoms with Crippen molar-refractivity contribution in [2.75, 3.05) is 6.54 Å². The number of carboxylic acids is 1. The highest BCUT2D eigenvalue weighted by Gasteiger charge is 2.43. The number of aldehydes is 1. The molecule has 3 rings (SSSR count). The van der Waals surface area contributed by atoms with Crippen molar-refractivity contribution in [3.63, 3.8) is 0 Å². The Bertz CT molecular complexity index is 1240. The maximum Gasteiger partial charge on any atom is 0.305 e. The Labute approximate surface area is 219 Å². The average molecular weight is 526 g/mol. The van der Waals surface area contributed by atoms with Crippen LogP contribution in [-0.4, -0.2) is 81.6 Å². The molecule has 38 heavy (non-hydrogen) atoms. The number of fused-ring (bicyclic) bond motifs is 1. The molecule has 12 heteroatoms. The van der Waals surface area contributed by atoms with Crippen LogP contribution in [0.1, 0.15) is 44.1 Å². The number of pyridine rings is 1. The number of nitrogens with zero attached hydrogens (tertiary/aromatic N) is 2. The number of likely N-dealkylation sites (tertiary alicyclic amines) is 1. The molecular formula is C26H31N5O7. The van der Waals surface area contributed by atoms with Gasteiger partial charge in [0, 0.05) is 31.1 Å². The molecule has 202 valence electrons. The molecule has 4 atom stereocenters. The molecule has 0 aliphatic carbocycles. The molecule has 0 saturated carbocycles. The van der Waals surface area contributed by atoms with Crippen molar-refractivity contribution < 1.29 is 33.9 Å². The van der Waals surface area contributed by atoms with Gasteiger partial charge in [0.15, 0.2) is 0 Å². The molecule has 0 bridgehead atoms. The molecule has 4 N–H and O–H groups in total. The second-order valence-electron chi connectivity index (χ2n) is 9.56. The number of nitrogens with one attached hydrogen (secondary N) is 3. The minimum atomic E-state index is -1.28. The van der Waals surface area contributed by atoms with Gasteiger partial charge in [-0.05, 0) is 23.8 Å². The minimum absolute atomic E-state index is 0.00715. The van der Waals surface area contributed by atoms with E-state index in [0.717, 1.165) is 5.39 Å². The summed E-state index contributed by atoms with van der Waals surface area (Å²) in [5, 5.41) is 18.2. The predicted molar refractivity (Wildman–Crippen MR) is 136 cm³/mol. The number of hydrogen-bond acceptors (Lipinski definition) is 7. The van der Waals surface area contributed by atoms with Gasteiger partial charge in [-0.25, -0.2) is 0 Å². The highest BCUT2D eigenvalue weighted by Crippen LogP contribution is 2.22. The van der Waals surface area contributed by atoms with Crippen LogP contribution >= 0.6 is 0 Å². The second-order valence-corrected chi connectivity index (χ2v) is 9.56. The normalized spacial score (nSPS) is 18.5. The Morgan fingerprint density at radius 2 is 1.84 bits per heavy atom. The van der Waals surface area contributed by atoms with Gasteiger partial charge in [0.2, 0.25) is 17.7 Å². The first kappa shape index (κ1) is 28.2. The van der Waals surface area contributed by atoms with Crippen LogP contribution in [0.15, 0.2) is 36.5 Å². The number of benzene rings is 1. The fourth-order valence-corrected chi connectivity index (χ4v) is 4.52. The average Bonchev–Trinajstić information content (AvgIpc) is 3.28. The number of hydrogen-bond donors (Lipinski definition) is 4. The topological polar surface area (TPSA) is 175 Å². The fraction of sp³-hybridized carbons (Fsp3) is 0.423. The van der Waals surface area contributed by atoms with Crippen LogP contribution in [0.5, 0.6) is 0 Å². The number of aromatic nitrogens is 1. The third-order valence-corrected chi connectivity index (χ3v) is 6.29. The molecule has 0 radical (unpaired) electrons. The maximum atomic E-state index is 13.7. The predicted octanol–water partition coefficient (Wildman–Crippen LogP) is 0.253. The summed E-state index contributed by atoms with van der Waals surface area (Å²) in [7, 11) is 0. The first-order valence-corrected chi connectivity index (χ1v) is 12.2. The van der Waals surface area contributed by atoms with Gasteiger partial charge in [0.05, 0.1) is 12.5 Å². The van der Waals surface area contributed by atoms with Crippen molar-refractivity contribution in [3.8, 4) is 0 Å². The SMILES string of the molecule is CC(=O)N[C@@H]1C[C@@H](C(=O)N[C@H](C=O)CC(=O)O)N(C(=O)[C@@H](NC(=O)c2nccc3ccccc23)C(C)C)C1. The first-order chi connectivity index (χ1) is 18.0. The lowest BCUT2D eigenvalue weighted by Crippen LogP contribution is -2.56. The van der Waals surface area contributed by atoms with E-state index in [1.807, 2.05) is 12.1 Å². The Balaban J connectivity index is 1.85. The number of amides is 4. The highest BCUT2D eigenvalue weighted by atomic mass is 16.4. The summed E-state index contributed by atoms with van der Waals surface area (Å²) in [4.78, 5) is 79.4. The van der Waals surface area contributed by atoms with Crippen molar-refractivity contribution in [2.24, 2.45) is 5.92 Å². The Morgan fingerprint density at radius 1 is 1.13 bits per heavy atom. The molecule has 1 aromatic heterocycles. The Kier molecular flexibility index (Phi) is 9.11. The summed E-state index contributed by atoms with van der Waals surface area (Å²) in [6.45, 7) is 4.78. The summed E-state index contributed by atoms with van der Waals surface area (Å²) >= 11 is 0. The number of carbonyl (C=O) groups is 6. The largest absolute Gasteiger partial charge is 0.481 e. The van der Waals surface area contributed by atoms with E-state index in [9.17, 15) is 28.8 Å². The molecule has 2 heterocycles. The van der Waals surface area contributed by atoms with Crippen molar-refractivity contribution in [2.45, 2.75) is 57.8 Å². The number of carboxylic acid groups (broad SMARTS) is 1. The maximum absolute atomic E-state index is 13.7. The van der Waals surface area contributed by atoms with Crippen LogP contribution in [0.3, 0.4) is 0 Å². The second kappa shape index (κ2) is 12.3. The van der Waals surface area contributed by atoms with Crippen LogP contribution in [0.4, 0.5) is 0 Å². The molecule has 1 saturated heterocycles. The van der Waals surface area contributed by atoms with Gasteiger partial charge in [-0.1, -0.05) is 38.1 Å². The first-order valence-electron chi connectivity index (χ1n) is 12.2. The molecular weight excluding hydrogens is 494 g/mol. The lowest BCUT2D eigenvalue weighted by Gasteiger charge is -2.30. The summed E-state index contributed by atoms with van der Waals surface area (Å²) in [5.74, 6) is -3.84. The molecule has 12 nitrogen and oxygen atoms in total. The molecule has 0 spiro atoms. The smallest absolute Gasteiger partial charge is 0.305 e. The summed E-state index contributed by atoms with van der Waals surface area (Å²) in [5.41, 5.74) is 0.149. The highest BCUT2D eigenvalue weighted by molar-refractivity contribution is 6.06. The standard InChI is InChI=1S/C26H31N5O7/c1-14(2)22(30-25(37)23-19-7-5-4-6-16(19)8-9-27-23)26(38)31-12-17(28-15(3)33)10-20(31)24(36)29-18(13-32)11-21(34)35/h4-9,13-14,17-18,20,22H,10-12H2,1-3H3,(H,28,33)(H,29,36)(H,30,37)(H,34,35)/t17-,18+,20+,22+/m1/s1. The van der Waals surface area contributed by atoms with Crippen LogP contribution < -0.4 is 16.0 Å². The monoisotopic (exact) mass is 525 g/mol. The molecule has 1 aliphatic rings. The number of aliphatic carboxylic acids is 1. The molecule has 4 amide bonds. The number of carbonyl (C=O) groups excluding carboxylic acids is 5. The van der Waals surface area contributed by atoms with Gasteiger partial charge < -0.3 is 30.8 Å². The van der Waals surface area contributed by atoms with E-state index in [1.165, 1.54) is 18.0 Å². The summed E-state index contributed by atoms with van der Waals surface area (Å²) < 4.78 is 0. The van der Waals surface area contributed by atoms with Gasteiger partial charge >= 0.3 is 5.97 Å².